The number of nitrogens with one attached hydrogen (secondary N) is 1. The molecule has 0 radical (unpaired) electrons. The molecule has 30 heavy (non-hydrogen) atoms. The number of para-hydroxylation sites is 1. The number of aromatic nitrogens is 3. The molecular weight excluding hydrogens is 400 g/mol. The molecule has 0 spiro atoms. The van der Waals surface area contributed by atoms with Crippen LogP contribution in [0.5, 0.6) is 0 Å². The topological polar surface area (TPSA) is 90.0 Å². The summed E-state index contributed by atoms with van der Waals surface area (Å²) in [4.78, 5) is 31.8. The Morgan fingerprint density at radius 2 is 1.90 bits per heavy atom. The molecule has 1 N–H and O–H groups in total. The van der Waals surface area contributed by atoms with E-state index in [2.05, 4.69) is 15.6 Å². The fraction of sp³-hybridized carbons (Fsp3) is 0.0909. The van der Waals surface area contributed by atoms with E-state index >= 15 is 0 Å². The Morgan fingerprint density at radius 1 is 1.13 bits per heavy atom. The number of rotatable bonds is 4. The van der Waals surface area contributed by atoms with Crippen molar-refractivity contribution < 1.29 is 9.32 Å². The zero-order valence-corrected chi connectivity index (χ0v) is 16.8. The zero-order chi connectivity index (χ0) is 20.7. The van der Waals surface area contributed by atoms with E-state index in [0.29, 0.717) is 21.5 Å². The highest BCUT2D eigenvalue weighted by Gasteiger charge is 2.18. The lowest BCUT2D eigenvalue weighted by atomic mass is 10.0. The highest BCUT2D eigenvalue weighted by molar-refractivity contribution is 7.19. The van der Waals surface area contributed by atoms with Gasteiger partial charge in [-0.15, -0.1) is 11.3 Å². The first kappa shape index (κ1) is 18.3. The van der Waals surface area contributed by atoms with Crippen LogP contribution in [0.25, 0.3) is 32.3 Å². The zero-order valence-electron chi connectivity index (χ0n) is 16.0. The van der Waals surface area contributed by atoms with E-state index in [9.17, 15) is 9.59 Å². The van der Waals surface area contributed by atoms with Crippen LogP contribution < -0.4 is 11.0 Å². The normalized spacial score (nSPS) is 11.2. The maximum atomic E-state index is 13.2. The SMILES string of the molecule is Cc1sc2ncn(NC(=O)Cc3noc4ccccc34)c(=O)c2c1-c1ccccc1. The number of amides is 1. The van der Waals surface area contributed by atoms with E-state index in [-0.39, 0.29) is 17.9 Å². The van der Waals surface area contributed by atoms with Crippen LogP contribution in [0, 0.1) is 6.92 Å². The molecule has 0 atom stereocenters. The van der Waals surface area contributed by atoms with Crippen molar-refractivity contribution in [2.75, 3.05) is 5.43 Å². The highest BCUT2D eigenvalue weighted by atomic mass is 32.1. The molecule has 1 amide bonds. The molecule has 0 aliphatic heterocycles. The van der Waals surface area contributed by atoms with Crippen molar-refractivity contribution >= 4 is 38.4 Å². The first-order valence-electron chi connectivity index (χ1n) is 9.31. The largest absolute Gasteiger partial charge is 0.356 e. The molecule has 8 heteroatoms. The average Bonchev–Trinajstić information content (AvgIpc) is 3.32. The summed E-state index contributed by atoms with van der Waals surface area (Å²) < 4.78 is 6.37. The summed E-state index contributed by atoms with van der Waals surface area (Å²) >= 11 is 1.46. The molecule has 2 aromatic carbocycles. The van der Waals surface area contributed by atoms with E-state index in [1.807, 2.05) is 55.5 Å². The first-order chi connectivity index (χ1) is 14.6. The van der Waals surface area contributed by atoms with Crippen LogP contribution in [0.3, 0.4) is 0 Å². The lowest BCUT2D eigenvalue weighted by Gasteiger charge is -2.08. The van der Waals surface area contributed by atoms with Gasteiger partial charge in [0.1, 0.15) is 16.9 Å². The Balaban J connectivity index is 1.50. The van der Waals surface area contributed by atoms with Crippen LogP contribution in [0.1, 0.15) is 10.6 Å². The third kappa shape index (κ3) is 3.07. The third-order valence-corrected chi connectivity index (χ3v) is 5.89. The minimum absolute atomic E-state index is 0.0182. The third-order valence-electron chi connectivity index (χ3n) is 4.88. The molecule has 0 saturated heterocycles. The Hall–Kier alpha value is -3.78. The Labute approximate surface area is 174 Å². The Morgan fingerprint density at radius 3 is 2.73 bits per heavy atom. The summed E-state index contributed by atoms with van der Waals surface area (Å²) in [5, 5.41) is 5.24. The van der Waals surface area contributed by atoms with Crippen molar-refractivity contribution in [1.29, 1.82) is 0 Å². The molecular formula is C22H16N4O3S. The first-order valence-corrected chi connectivity index (χ1v) is 10.1. The second-order valence-corrected chi connectivity index (χ2v) is 8.04. The molecule has 3 heterocycles. The maximum Gasteiger partial charge on any atom is 0.281 e. The van der Waals surface area contributed by atoms with Crippen molar-refractivity contribution in [2.45, 2.75) is 13.3 Å². The summed E-state index contributed by atoms with van der Waals surface area (Å²) in [7, 11) is 0. The van der Waals surface area contributed by atoms with E-state index in [0.717, 1.165) is 26.1 Å². The smallest absolute Gasteiger partial charge is 0.281 e. The van der Waals surface area contributed by atoms with E-state index < -0.39 is 0 Å². The number of fused-ring (bicyclic) bond motifs is 2. The van der Waals surface area contributed by atoms with Gasteiger partial charge in [-0.05, 0) is 24.6 Å². The van der Waals surface area contributed by atoms with Gasteiger partial charge in [0.15, 0.2) is 5.58 Å². The molecule has 0 saturated carbocycles. The number of benzene rings is 2. The van der Waals surface area contributed by atoms with Crippen molar-refractivity contribution in [1.82, 2.24) is 14.8 Å². The molecule has 0 aliphatic carbocycles. The van der Waals surface area contributed by atoms with Crippen molar-refractivity contribution in [3.8, 4) is 11.1 Å². The molecule has 7 nitrogen and oxygen atoms in total. The molecule has 0 aliphatic rings. The quantitative estimate of drug-likeness (QED) is 0.480. The lowest BCUT2D eigenvalue weighted by molar-refractivity contribution is -0.116. The number of nitrogens with zero attached hydrogens (tertiary/aromatic N) is 3. The van der Waals surface area contributed by atoms with Crippen molar-refractivity contribution in [3.63, 3.8) is 0 Å². The minimum atomic E-state index is -0.384. The standard InChI is InChI=1S/C22H16N4O3S/c1-13-19(14-7-3-2-4-8-14)20-21(30-13)23-12-26(22(20)28)24-18(27)11-16-15-9-5-6-10-17(15)29-25-16/h2-10,12H,11H2,1H3,(H,24,27). The molecule has 5 aromatic rings. The predicted octanol–water partition coefficient (Wildman–Crippen LogP) is 3.89. The van der Waals surface area contributed by atoms with Gasteiger partial charge in [0.2, 0.25) is 5.91 Å². The van der Waals surface area contributed by atoms with Crippen LogP contribution in [0.15, 0.2) is 70.2 Å². The van der Waals surface area contributed by atoms with Crippen molar-refractivity contribution in [3.05, 3.63) is 81.8 Å². The van der Waals surface area contributed by atoms with Gasteiger partial charge < -0.3 is 4.52 Å². The van der Waals surface area contributed by atoms with Gasteiger partial charge in [0.25, 0.3) is 5.56 Å². The maximum absolute atomic E-state index is 13.2. The number of aryl methyl sites for hydroxylation is 1. The fourth-order valence-corrected chi connectivity index (χ4v) is 4.53. The number of hydrogen-bond acceptors (Lipinski definition) is 6. The average molecular weight is 416 g/mol. The van der Waals surface area contributed by atoms with E-state index in [1.54, 1.807) is 6.07 Å². The number of carbonyl (C=O) groups excluding carboxylic acids is 1. The highest BCUT2D eigenvalue weighted by Crippen LogP contribution is 2.35. The molecule has 0 fully saturated rings. The van der Waals surface area contributed by atoms with Crippen LogP contribution >= 0.6 is 11.3 Å². The summed E-state index contributed by atoms with van der Waals surface area (Å²) in [5.41, 5.74) is 5.22. The fourth-order valence-electron chi connectivity index (χ4n) is 3.53. The van der Waals surface area contributed by atoms with Crippen LogP contribution in [0.2, 0.25) is 0 Å². The minimum Gasteiger partial charge on any atom is -0.356 e. The summed E-state index contributed by atoms with van der Waals surface area (Å²) in [6.45, 7) is 1.97. The Kier molecular flexibility index (Phi) is 4.40. The van der Waals surface area contributed by atoms with E-state index in [4.69, 9.17) is 4.52 Å². The van der Waals surface area contributed by atoms with Gasteiger partial charge in [0.05, 0.1) is 11.8 Å². The van der Waals surface area contributed by atoms with Gasteiger partial charge in [-0.25, -0.2) is 9.66 Å². The lowest BCUT2D eigenvalue weighted by Crippen LogP contribution is -2.34. The van der Waals surface area contributed by atoms with Gasteiger partial charge in [-0.3, -0.25) is 15.0 Å². The van der Waals surface area contributed by atoms with Gasteiger partial charge >= 0.3 is 0 Å². The van der Waals surface area contributed by atoms with Gasteiger partial charge in [0, 0.05) is 15.8 Å². The van der Waals surface area contributed by atoms with Crippen LogP contribution in [0.4, 0.5) is 0 Å². The second kappa shape index (κ2) is 7.23. The second-order valence-electron chi connectivity index (χ2n) is 6.84. The monoisotopic (exact) mass is 416 g/mol. The molecule has 148 valence electrons. The van der Waals surface area contributed by atoms with Crippen molar-refractivity contribution in [2.24, 2.45) is 0 Å². The van der Waals surface area contributed by atoms with Crippen LogP contribution in [-0.2, 0) is 11.2 Å². The summed E-state index contributed by atoms with van der Waals surface area (Å²) in [5.74, 6) is -0.384. The molecule has 5 rings (SSSR count). The molecule has 3 aromatic heterocycles. The molecule has 0 bridgehead atoms. The predicted molar refractivity (Wildman–Crippen MR) is 116 cm³/mol. The summed E-state index contributed by atoms with van der Waals surface area (Å²) in [6.07, 6.45) is 1.32. The van der Waals surface area contributed by atoms with Crippen LogP contribution in [-0.4, -0.2) is 20.7 Å². The summed E-state index contributed by atoms with van der Waals surface area (Å²) in [6, 6.07) is 17.0. The van der Waals surface area contributed by atoms with Gasteiger partial charge in [-0.1, -0.05) is 47.6 Å². The van der Waals surface area contributed by atoms with Gasteiger partial charge in [-0.2, -0.15) is 0 Å². The number of hydrogen-bond donors (Lipinski definition) is 1. The molecule has 0 unspecified atom stereocenters. The number of carbonyl (C=O) groups is 1. The van der Waals surface area contributed by atoms with E-state index in [1.165, 1.54) is 17.7 Å². The Bertz CT molecular complexity index is 1450. The number of thiophene rings is 1.